The van der Waals surface area contributed by atoms with E-state index in [1.807, 2.05) is 24.5 Å². The summed E-state index contributed by atoms with van der Waals surface area (Å²) in [6.45, 7) is 0. The lowest BCUT2D eigenvalue weighted by molar-refractivity contribution is 0.403. The molecule has 16 heavy (non-hydrogen) atoms. The summed E-state index contributed by atoms with van der Waals surface area (Å²) in [5.41, 5.74) is 0.733. The van der Waals surface area contributed by atoms with Gasteiger partial charge >= 0.3 is 0 Å². The van der Waals surface area contributed by atoms with Crippen LogP contribution in [0.25, 0.3) is 0 Å². The van der Waals surface area contributed by atoms with E-state index in [-0.39, 0.29) is 5.54 Å². The molecule has 0 aliphatic heterocycles. The van der Waals surface area contributed by atoms with Crippen molar-refractivity contribution < 1.29 is 9.53 Å². The van der Waals surface area contributed by atoms with Gasteiger partial charge in [-0.15, -0.1) is 11.8 Å². The van der Waals surface area contributed by atoms with Gasteiger partial charge in [-0.1, -0.05) is 6.07 Å². The lowest BCUT2D eigenvalue weighted by Gasteiger charge is -2.12. The molecule has 3 nitrogen and oxygen atoms in total. The molecule has 1 aliphatic rings. The van der Waals surface area contributed by atoms with E-state index in [9.17, 15) is 4.79 Å². The third-order valence-corrected chi connectivity index (χ3v) is 3.68. The predicted octanol–water partition coefficient (Wildman–Crippen LogP) is 2.74. The van der Waals surface area contributed by atoms with E-state index in [1.54, 1.807) is 25.0 Å². The standard InChI is InChI=1S/C12H13NO2S/c1-15-10-7-9(3-4-11(10)16-2)12(5-6-12)13-8-14/h3-4,7H,5-6H2,1-2H3. The minimum atomic E-state index is -0.314. The summed E-state index contributed by atoms with van der Waals surface area (Å²) >= 11 is 1.64. The van der Waals surface area contributed by atoms with Gasteiger partial charge in [0.25, 0.3) is 0 Å². The molecule has 1 aliphatic carbocycles. The van der Waals surface area contributed by atoms with Crippen LogP contribution in [0, 0.1) is 0 Å². The first-order valence-corrected chi connectivity index (χ1v) is 6.30. The fourth-order valence-electron chi connectivity index (χ4n) is 1.80. The zero-order valence-electron chi connectivity index (χ0n) is 9.32. The number of ether oxygens (including phenoxy) is 1. The van der Waals surface area contributed by atoms with Crippen LogP contribution in [0.4, 0.5) is 0 Å². The smallest absolute Gasteiger partial charge is 0.235 e. The SMILES string of the molecule is COc1cc(C2(N=C=O)CC2)ccc1SC. The van der Waals surface area contributed by atoms with Crippen molar-refractivity contribution in [3.8, 4) is 5.75 Å². The monoisotopic (exact) mass is 235 g/mol. The fourth-order valence-corrected chi connectivity index (χ4v) is 2.34. The van der Waals surface area contributed by atoms with E-state index < -0.39 is 0 Å². The first kappa shape index (κ1) is 11.2. The summed E-state index contributed by atoms with van der Waals surface area (Å²) in [5, 5.41) is 0. The second kappa shape index (κ2) is 4.32. The predicted molar refractivity (Wildman–Crippen MR) is 63.8 cm³/mol. The third-order valence-electron chi connectivity index (χ3n) is 2.90. The fraction of sp³-hybridized carbons (Fsp3) is 0.417. The highest BCUT2D eigenvalue weighted by Gasteiger charge is 2.45. The van der Waals surface area contributed by atoms with Crippen LogP contribution in [0.5, 0.6) is 5.75 Å². The largest absolute Gasteiger partial charge is 0.496 e. The number of nitrogens with zero attached hydrogens (tertiary/aromatic N) is 1. The first-order chi connectivity index (χ1) is 7.75. The Labute approximate surface area is 98.9 Å². The molecule has 84 valence electrons. The van der Waals surface area contributed by atoms with Crippen molar-refractivity contribution >= 4 is 17.8 Å². The Morgan fingerprint density at radius 1 is 1.50 bits per heavy atom. The zero-order chi connectivity index (χ0) is 11.6. The Hall–Kier alpha value is -1.25. The number of aliphatic imine (C=N–C) groups is 1. The number of thioether (sulfide) groups is 1. The van der Waals surface area contributed by atoms with Gasteiger partial charge in [0.05, 0.1) is 12.6 Å². The summed E-state index contributed by atoms with van der Waals surface area (Å²) in [5.74, 6) is 0.845. The molecule has 1 aromatic carbocycles. The van der Waals surface area contributed by atoms with Crippen LogP contribution in [0.15, 0.2) is 28.1 Å². The maximum Gasteiger partial charge on any atom is 0.235 e. The average Bonchev–Trinajstić information content (AvgIpc) is 3.09. The van der Waals surface area contributed by atoms with E-state index in [0.29, 0.717) is 0 Å². The molecule has 0 atom stereocenters. The van der Waals surface area contributed by atoms with Crippen LogP contribution in [-0.2, 0) is 10.3 Å². The number of methoxy groups -OCH3 is 1. The summed E-state index contributed by atoms with van der Waals surface area (Å²) in [7, 11) is 1.65. The van der Waals surface area contributed by atoms with Crippen LogP contribution < -0.4 is 4.74 Å². The van der Waals surface area contributed by atoms with Gasteiger partial charge in [0.2, 0.25) is 6.08 Å². The number of rotatable bonds is 4. The highest BCUT2D eigenvalue weighted by molar-refractivity contribution is 7.98. The van der Waals surface area contributed by atoms with Gasteiger partial charge in [-0.05, 0) is 36.8 Å². The minimum Gasteiger partial charge on any atom is -0.496 e. The lowest BCUT2D eigenvalue weighted by Crippen LogP contribution is -2.02. The van der Waals surface area contributed by atoms with Gasteiger partial charge in [-0.2, -0.15) is 4.99 Å². The Balaban J connectivity index is 2.40. The van der Waals surface area contributed by atoms with Gasteiger partial charge < -0.3 is 4.74 Å². The molecule has 0 N–H and O–H groups in total. The normalized spacial score (nSPS) is 16.4. The van der Waals surface area contributed by atoms with Gasteiger partial charge in [0.1, 0.15) is 5.75 Å². The van der Waals surface area contributed by atoms with Crippen molar-refractivity contribution in [2.45, 2.75) is 23.3 Å². The van der Waals surface area contributed by atoms with Crippen molar-refractivity contribution in [3.63, 3.8) is 0 Å². The molecular weight excluding hydrogens is 222 g/mol. The first-order valence-electron chi connectivity index (χ1n) is 5.07. The lowest BCUT2D eigenvalue weighted by atomic mass is 10.1. The van der Waals surface area contributed by atoms with E-state index in [0.717, 1.165) is 29.1 Å². The van der Waals surface area contributed by atoms with E-state index in [4.69, 9.17) is 4.74 Å². The number of hydrogen-bond donors (Lipinski definition) is 0. The van der Waals surface area contributed by atoms with Gasteiger partial charge in [0, 0.05) is 4.90 Å². The maximum absolute atomic E-state index is 10.4. The van der Waals surface area contributed by atoms with Crippen molar-refractivity contribution in [2.75, 3.05) is 13.4 Å². The Bertz CT molecular complexity index is 448. The molecule has 0 unspecified atom stereocenters. The van der Waals surface area contributed by atoms with Crippen molar-refractivity contribution in [1.82, 2.24) is 0 Å². The van der Waals surface area contributed by atoms with Gasteiger partial charge in [-0.3, -0.25) is 0 Å². The Kier molecular flexibility index (Phi) is 3.03. The quantitative estimate of drug-likeness (QED) is 0.457. The number of isocyanates is 1. The molecule has 0 heterocycles. The molecule has 0 aromatic heterocycles. The molecule has 1 saturated carbocycles. The second-order valence-corrected chi connectivity index (χ2v) is 4.65. The summed E-state index contributed by atoms with van der Waals surface area (Å²) < 4.78 is 5.32. The molecule has 4 heteroatoms. The Morgan fingerprint density at radius 2 is 2.25 bits per heavy atom. The Morgan fingerprint density at radius 3 is 2.75 bits per heavy atom. The average molecular weight is 235 g/mol. The third kappa shape index (κ3) is 1.86. The van der Waals surface area contributed by atoms with Crippen LogP contribution >= 0.6 is 11.8 Å². The van der Waals surface area contributed by atoms with E-state index >= 15 is 0 Å². The second-order valence-electron chi connectivity index (χ2n) is 3.80. The molecule has 0 radical (unpaired) electrons. The van der Waals surface area contributed by atoms with E-state index in [1.165, 1.54) is 0 Å². The van der Waals surface area contributed by atoms with Crippen molar-refractivity contribution in [1.29, 1.82) is 0 Å². The van der Waals surface area contributed by atoms with Crippen molar-refractivity contribution in [3.05, 3.63) is 23.8 Å². The van der Waals surface area contributed by atoms with Gasteiger partial charge in [0.15, 0.2) is 0 Å². The highest BCUT2D eigenvalue weighted by Crippen LogP contribution is 2.50. The van der Waals surface area contributed by atoms with Crippen LogP contribution in [0.1, 0.15) is 18.4 Å². The molecule has 0 spiro atoms. The summed E-state index contributed by atoms with van der Waals surface area (Å²) in [6, 6.07) is 6.00. The summed E-state index contributed by atoms with van der Waals surface area (Å²) in [4.78, 5) is 15.4. The molecule has 0 bridgehead atoms. The molecule has 2 rings (SSSR count). The molecular formula is C12H13NO2S. The highest BCUT2D eigenvalue weighted by atomic mass is 32.2. The topological polar surface area (TPSA) is 38.7 Å². The summed E-state index contributed by atoms with van der Waals surface area (Å²) in [6.07, 6.45) is 5.51. The van der Waals surface area contributed by atoms with Crippen LogP contribution in [0.2, 0.25) is 0 Å². The zero-order valence-corrected chi connectivity index (χ0v) is 10.1. The number of hydrogen-bond acceptors (Lipinski definition) is 4. The maximum atomic E-state index is 10.4. The molecule has 0 amide bonds. The van der Waals surface area contributed by atoms with E-state index in [2.05, 4.69) is 4.99 Å². The molecule has 0 saturated heterocycles. The van der Waals surface area contributed by atoms with Crippen LogP contribution in [0.3, 0.4) is 0 Å². The molecule has 1 fully saturated rings. The van der Waals surface area contributed by atoms with Crippen molar-refractivity contribution in [2.24, 2.45) is 4.99 Å². The van der Waals surface area contributed by atoms with Gasteiger partial charge in [-0.25, -0.2) is 4.79 Å². The number of carbonyl (C=O) groups excluding carboxylic acids is 1. The minimum absolute atomic E-state index is 0.314. The van der Waals surface area contributed by atoms with Crippen LogP contribution in [-0.4, -0.2) is 19.4 Å². The number of benzene rings is 1. The molecule has 1 aromatic rings.